The molecule has 23 heavy (non-hydrogen) atoms. The third-order valence-electron chi connectivity index (χ3n) is 4.52. The Morgan fingerprint density at radius 1 is 1.22 bits per heavy atom. The molecular formula is C14H18ClN3O4S. The average molecular weight is 360 g/mol. The molecule has 0 saturated carbocycles. The molecule has 1 atom stereocenters. The van der Waals surface area contributed by atoms with Crippen LogP contribution in [0.4, 0.5) is 11.4 Å². The fourth-order valence-electron chi connectivity index (χ4n) is 3.26. The smallest absolute Gasteiger partial charge is 0.271 e. The highest BCUT2D eigenvalue weighted by Crippen LogP contribution is 2.31. The minimum Gasteiger partial charge on any atom is -0.368 e. The molecule has 0 amide bonds. The Bertz CT molecular complexity index is 717. The molecule has 2 heterocycles. The highest BCUT2D eigenvalue weighted by molar-refractivity contribution is 7.91. The van der Waals surface area contributed by atoms with Crippen molar-refractivity contribution in [2.45, 2.75) is 12.5 Å². The highest BCUT2D eigenvalue weighted by Gasteiger charge is 2.33. The summed E-state index contributed by atoms with van der Waals surface area (Å²) in [6.45, 7) is 3.00. The van der Waals surface area contributed by atoms with Crippen LogP contribution < -0.4 is 4.90 Å². The van der Waals surface area contributed by atoms with Crippen molar-refractivity contribution in [2.24, 2.45) is 0 Å². The van der Waals surface area contributed by atoms with Crippen molar-refractivity contribution >= 4 is 32.8 Å². The van der Waals surface area contributed by atoms with E-state index in [0.717, 1.165) is 31.9 Å². The van der Waals surface area contributed by atoms with Crippen molar-refractivity contribution in [1.82, 2.24) is 4.90 Å². The number of nitro benzene ring substituents is 1. The lowest BCUT2D eigenvalue weighted by Crippen LogP contribution is -2.50. The van der Waals surface area contributed by atoms with E-state index in [1.807, 2.05) is 0 Å². The van der Waals surface area contributed by atoms with E-state index < -0.39 is 14.8 Å². The van der Waals surface area contributed by atoms with Crippen LogP contribution in [0.5, 0.6) is 0 Å². The normalized spacial score (nSPS) is 24.7. The summed E-state index contributed by atoms with van der Waals surface area (Å²) in [6.07, 6.45) is 0.709. The zero-order valence-corrected chi connectivity index (χ0v) is 14.1. The molecule has 7 nitrogen and oxygen atoms in total. The summed E-state index contributed by atoms with van der Waals surface area (Å²) in [7, 11) is -2.87. The molecule has 2 aliphatic rings. The highest BCUT2D eigenvalue weighted by atomic mass is 35.5. The number of nitro groups is 1. The summed E-state index contributed by atoms with van der Waals surface area (Å²) in [5, 5.41) is 11.1. The third kappa shape index (κ3) is 3.59. The predicted octanol–water partition coefficient (Wildman–Crippen LogP) is 1.56. The molecule has 0 N–H and O–H groups in total. The fraction of sp³-hybridized carbons (Fsp3) is 0.571. The number of nitrogens with zero attached hydrogens (tertiary/aromatic N) is 3. The quantitative estimate of drug-likeness (QED) is 0.601. The summed E-state index contributed by atoms with van der Waals surface area (Å²) in [5.74, 6) is 0.539. The molecule has 2 aliphatic heterocycles. The molecular weight excluding hydrogens is 342 g/mol. The number of sulfone groups is 1. The van der Waals surface area contributed by atoms with E-state index in [-0.39, 0.29) is 23.2 Å². The molecule has 1 aromatic carbocycles. The molecule has 0 aromatic heterocycles. The van der Waals surface area contributed by atoms with Crippen molar-refractivity contribution in [1.29, 1.82) is 0 Å². The minimum atomic E-state index is -2.87. The van der Waals surface area contributed by atoms with Gasteiger partial charge in [0.2, 0.25) is 0 Å². The van der Waals surface area contributed by atoms with Crippen LogP contribution in [0.1, 0.15) is 6.42 Å². The number of halogens is 1. The van der Waals surface area contributed by atoms with Crippen LogP contribution in [0.3, 0.4) is 0 Å². The molecule has 3 rings (SSSR count). The third-order valence-corrected chi connectivity index (χ3v) is 6.57. The van der Waals surface area contributed by atoms with Crippen LogP contribution in [-0.4, -0.2) is 62.0 Å². The second kappa shape index (κ2) is 6.26. The Morgan fingerprint density at radius 3 is 2.43 bits per heavy atom. The summed E-state index contributed by atoms with van der Waals surface area (Å²) >= 11 is 6.17. The van der Waals surface area contributed by atoms with E-state index in [0.29, 0.717) is 11.4 Å². The molecule has 1 aromatic rings. The lowest BCUT2D eigenvalue weighted by molar-refractivity contribution is -0.384. The van der Waals surface area contributed by atoms with Gasteiger partial charge in [-0.1, -0.05) is 11.6 Å². The maximum absolute atomic E-state index is 11.6. The molecule has 0 radical (unpaired) electrons. The van der Waals surface area contributed by atoms with Crippen LogP contribution >= 0.6 is 11.6 Å². The molecule has 0 spiro atoms. The fourth-order valence-corrected chi connectivity index (χ4v) is 5.31. The van der Waals surface area contributed by atoms with Gasteiger partial charge in [0, 0.05) is 44.4 Å². The van der Waals surface area contributed by atoms with Gasteiger partial charge >= 0.3 is 0 Å². The van der Waals surface area contributed by atoms with Gasteiger partial charge in [0.15, 0.2) is 9.84 Å². The first-order valence-electron chi connectivity index (χ1n) is 7.49. The van der Waals surface area contributed by atoms with E-state index in [9.17, 15) is 18.5 Å². The maximum atomic E-state index is 11.6. The molecule has 0 aliphatic carbocycles. The first-order valence-corrected chi connectivity index (χ1v) is 9.69. The number of hydrogen-bond acceptors (Lipinski definition) is 6. The lowest BCUT2D eigenvalue weighted by atomic mass is 10.1. The SMILES string of the molecule is O=[N+]([O-])c1ccc(N2CCN(C3CCS(=O)(=O)C3)CC2)c(Cl)c1. The number of hydrogen-bond donors (Lipinski definition) is 0. The van der Waals surface area contributed by atoms with Gasteiger partial charge in [-0.3, -0.25) is 15.0 Å². The summed E-state index contributed by atoms with van der Waals surface area (Å²) in [4.78, 5) is 14.6. The minimum absolute atomic E-state index is 0.0199. The Kier molecular flexibility index (Phi) is 4.48. The van der Waals surface area contributed by atoms with Gasteiger partial charge in [0.1, 0.15) is 0 Å². The zero-order chi connectivity index (χ0) is 16.6. The number of non-ortho nitro benzene ring substituents is 1. The second-order valence-corrected chi connectivity index (χ2v) is 8.61. The van der Waals surface area contributed by atoms with Crippen molar-refractivity contribution in [3.05, 3.63) is 33.3 Å². The molecule has 9 heteroatoms. The average Bonchev–Trinajstić information content (AvgIpc) is 2.87. The van der Waals surface area contributed by atoms with Crippen molar-refractivity contribution in [2.75, 3.05) is 42.6 Å². The molecule has 1 unspecified atom stereocenters. The standard InChI is InChI=1S/C14H18ClN3O4S/c15-13-9-11(18(19)20)1-2-14(13)17-6-4-16(5-7-17)12-3-8-23(21,22)10-12/h1-2,9,12H,3-8,10H2. The Morgan fingerprint density at radius 2 is 1.91 bits per heavy atom. The zero-order valence-electron chi connectivity index (χ0n) is 12.5. The van der Waals surface area contributed by atoms with Gasteiger partial charge in [-0.2, -0.15) is 0 Å². The van der Waals surface area contributed by atoms with Gasteiger partial charge in [-0.05, 0) is 12.5 Å². The van der Waals surface area contributed by atoms with Crippen LogP contribution in [0.2, 0.25) is 5.02 Å². The van der Waals surface area contributed by atoms with Gasteiger partial charge in [-0.25, -0.2) is 8.42 Å². The lowest BCUT2D eigenvalue weighted by Gasteiger charge is -2.39. The summed E-state index contributed by atoms with van der Waals surface area (Å²) in [5.41, 5.74) is 0.768. The largest absolute Gasteiger partial charge is 0.368 e. The van der Waals surface area contributed by atoms with E-state index in [2.05, 4.69) is 9.80 Å². The van der Waals surface area contributed by atoms with E-state index >= 15 is 0 Å². The van der Waals surface area contributed by atoms with E-state index in [1.165, 1.54) is 12.1 Å². The van der Waals surface area contributed by atoms with Gasteiger partial charge in [-0.15, -0.1) is 0 Å². The van der Waals surface area contributed by atoms with Crippen LogP contribution in [0.15, 0.2) is 18.2 Å². The van der Waals surface area contributed by atoms with Crippen molar-refractivity contribution < 1.29 is 13.3 Å². The van der Waals surface area contributed by atoms with Crippen LogP contribution in [0.25, 0.3) is 0 Å². The van der Waals surface area contributed by atoms with Crippen LogP contribution in [0, 0.1) is 10.1 Å². The maximum Gasteiger partial charge on any atom is 0.271 e. The Balaban J connectivity index is 1.64. The first-order chi connectivity index (χ1) is 10.9. The van der Waals surface area contributed by atoms with Crippen LogP contribution in [-0.2, 0) is 9.84 Å². The monoisotopic (exact) mass is 359 g/mol. The topological polar surface area (TPSA) is 83.8 Å². The van der Waals surface area contributed by atoms with Gasteiger partial charge < -0.3 is 4.90 Å². The van der Waals surface area contributed by atoms with Crippen molar-refractivity contribution in [3.8, 4) is 0 Å². The molecule has 0 bridgehead atoms. The number of piperazine rings is 1. The Hall–Kier alpha value is -1.38. The van der Waals surface area contributed by atoms with Gasteiger partial charge in [0.25, 0.3) is 5.69 Å². The van der Waals surface area contributed by atoms with E-state index in [1.54, 1.807) is 6.07 Å². The second-order valence-electron chi connectivity index (χ2n) is 5.97. The number of rotatable bonds is 3. The molecule has 2 fully saturated rings. The number of anilines is 1. The summed E-state index contributed by atoms with van der Waals surface area (Å²) < 4.78 is 23.2. The summed E-state index contributed by atoms with van der Waals surface area (Å²) in [6, 6.07) is 4.62. The number of benzene rings is 1. The molecule has 126 valence electrons. The predicted molar refractivity (Wildman–Crippen MR) is 89.0 cm³/mol. The van der Waals surface area contributed by atoms with Crippen molar-refractivity contribution in [3.63, 3.8) is 0 Å². The van der Waals surface area contributed by atoms with E-state index in [4.69, 9.17) is 11.6 Å². The first kappa shape index (κ1) is 16.5. The Labute approximate surface area is 139 Å². The van der Waals surface area contributed by atoms with Gasteiger partial charge in [0.05, 0.1) is 27.1 Å². The molecule has 2 saturated heterocycles.